The van der Waals surface area contributed by atoms with Crippen molar-refractivity contribution in [2.45, 2.75) is 6.42 Å². The number of rotatable bonds is 1. The van der Waals surface area contributed by atoms with Crippen molar-refractivity contribution >= 4 is 10.9 Å². The van der Waals surface area contributed by atoms with Crippen molar-refractivity contribution in [1.82, 2.24) is 4.98 Å². The molecular weight excluding hydrogens is 172 g/mol. The van der Waals surface area contributed by atoms with Crippen molar-refractivity contribution < 1.29 is 0 Å². The molecule has 2 heteroatoms. The van der Waals surface area contributed by atoms with E-state index in [-0.39, 0.29) is 0 Å². The van der Waals surface area contributed by atoms with Crippen LogP contribution in [0, 0.1) is 11.8 Å². The van der Waals surface area contributed by atoms with E-state index in [0.717, 1.165) is 17.5 Å². The quantitative estimate of drug-likeness (QED) is 0.653. The number of fused-ring (bicyclic) bond motifs is 1. The molecule has 2 rings (SSSR count). The summed E-state index contributed by atoms with van der Waals surface area (Å²) >= 11 is 0. The summed E-state index contributed by atoms with van der Waals surface area (Å²) in [4.78, 5) is 3.18. The van der Waals surface area contributed by atoms with E-state index in [2.05, 4.69) is 22.9 Å². The molecule has 0 fully saturated rings. The average Bonchev–Trinajstić information content (AvgIpc) is 2.67. The molecule has 70 valence electrons. The highest BCUT2D eigenvalue weighted by Gasteiger charge is 1.96. The standard InChI is InChI=1S/C12H12N2/c13-8-2-1-4-10-5-3-6-11-7-9-14-12(10)11/h3,5-7,9,14H,2,8,13H2. The van der Waals surface area contributed by atoms with E-state index in [1.807, 2.05) is 24.4 Å². The van der Waals surface area contributed by atoms with Crippen molar-refractivity contribution in [3.63, 3.8) is 0 Å². The second kappa shape index (κ2) is 3.99. The number of H-pyrrole nitrogens is 1. The molecule has 14 heavy (non-hydrogen) atoms. The van der Waals surface area contributed by atoms with Crippen LogP contribution in [0.25, 0.3) is 10.9 Å². The zero-order chi connectivity index (χ0) is 9.80. The minimum Gasteiger partial charge on any atom is -0.360 e. The van der Waals surface area contributed by atoms with Gasteiger partial charge < -0.3 is 10.7 Å². The van der Waals surface area contributed by atoms with Crippen molar-refractivity contribution in [1.29, 1.82) is 0 Å². The predicted molar refractivity (Wildman–Crippen MR) is 58.8 cm³/mol. The maximum Gasteiger partial charge on any atom is 0.0612 e. The second-order valence-corrected chi connectivity index (χ2v) is 3.09. The summed E-state index contributed by atoms with van der Waals surface area (Å²) in [5, 5.41) is 1.20. The van der Waals surface area contributed by atoms with Crippen LogP contribution in [0.4, 0.5) is 0 Å². The first-order valence-electron chi connectivity index (χ1n) is 4.67. The highest BCUT2D eigenvalue weighted by molar-refractivity contribution is 5.85. The van der Waals surface area contributed by atoms with E-state index in [9.17, 15) is 0 Å². The van der Waals surface area contributed by atoms with Gasteiger partial charge >= 0.3 is 0 Å². The van der Waals surface area contributed by atoms with Crippen LogP contribution in [0.15, 0.2) is 30.5 Å². The van der Waals surface area contributed by atoms with E-state index in [1.165, 1.54) is 5.39 Å². The van der Waals surface area contributed by atoms with Gasteiger partial charge in [0.15, 0.2) is 0 Å². The molecule has 0 saturated carbocycles. The van der Waals surface area contributed by atoms with Crippen LogP contribution in [-0.2, 0) is 0 Å². The molecule has 0 unspecified atom stereocenters. The van der Waals surface area contributed by atoms with Crippen LogP contribution in [0.2, 0.25) is 0 Å². The third-order valence-corrected chi connectivity index (χ3v) is 2.08. The van der Waals surface area contributed by atoms with Gasteiger partial charge in [0.25, 0.3) is 0 Å². The number of para-hydroxylation sites is 1. The van der Waals surface area contributed by atoms with Crippen LogP contribution in [0.1, 0.15) is 12.0 Å². The summed E-state index contributed by atoms with van der Waals surface area (Å²) in [7, 11) is 0. The van der Waals surface area contributed by atoms with Crippen molar-refractivity contribution in [2.24, 2.45) is 5.73 Å². The van der Waals surface area contributed by atoms with Gasteiger partial charge in [-0.2, -0.15) is 0 Å². The molecule has 0 aliphatic heterocycles. The Balaban J connectivity index is 2.43. The van der Waals surface area contributed by atoms with Gasteiger partial charge in [-0.1, -0.05) is 24.0 Å². The lowest BCUT2D eigenvalue weighted by Gasteiger charge is -1.93. The fraction of sp³-hybridized carbons (Fsp3) is 0.167. The molecule has 0 saturated heterocycles. The van der Waals surface area contributed by atoms with Gasteiger partial charge in [-0.15, -0.1) is 0 Å². The largest absolute Gasteiger partial charge is 0.360 e. The van der Waals surface area contributed by atoms with Crippen LogP contribution in [0.5, 0.6) is 0 Å². The Kier molecular flexibility index (Phi) is 2.53. The Morgan fingerprint density at radius 2 is 2.21 bits per heavy atom. The molecule has 2 nitrogen and oxygen atoms in total. The summed E-state index contributed by atoms with van der Waals surface area (Å²) in [6.45, 7) is 0.619. The predicted octanol–water partition coefficient (Wildman–Crippen LogP) is 1.87. The molecule has 0 atom stereocenters. The highest BCUT2D eigenvalue weighted by atomic mass is 14.7. The monoisotopic (exact) mass is 184 g/mol. The zero-order valence-electron chi connectivity index (χ0n) is 7.88. The third kappa shape index (κ3) is 1.63. The van der Waals surface area contributed by atoms with Gasteiger partial charge in [0.1, 0.15) is 0 Å². The minimum absolute atomic E-state index is 0.619. The average molecular weight is 184 g/mol. The molecule has 0 aliphatic rings. The summed E-state index contributed by atoms with van der Waals surface area (Å²) < 4.78 is 0. The van der Waals surface area contributed by atoms with Crippen LogP contribution in [-0.4, -0.2) is 11.5 Å². The van der Waals surface area contributed by atoms with E-state index in [4.69, 9.17) is 5.73 Å². The van der Waals surface area contributed by atoms with Gasteiger partial charge in [-0.25, -0.2) is 0 Å². The SMILES string of the molecule is NCCC#Cc1cccc2cc[nH]c12. The molecule has 0 spiro atoms. The van der Waals surface area contributed by atoms with E-state index >= 15 is 0 Å². The summed E-state index contributed by atoms with van der Waals surface area (Å²) in [5.74, 6) is 6.15. The van der Waals surface area contributed by atoms with Gasteiger partial charge in [-0.05, 0) is 12.1 Å². The minimum atomic E-state index is 0.619. The Morgan fingerprint density at radius 1 is 1.29 bits per heavy atom. The van der Waals surface area contributed by atoms with Crippen LogP contribution < -0.4 is 5.73 Å². The Hall–Kier alpha value is -1.72. The van der Waals surface area contributed by atoms with Crippen molar-refractivity contribution in [2.75, 3.05) is 6.54 Å². The first-order valence-corrected chi connectivity index (χ1v) is 4.67. The Morgan fingerprint density at radius 3 is 3.07 bits per heavy atom. The fourth-order valence-corrected chi connectivity index (χ4v) is 1.42. The molecule has 1 aromatic heterocycles. The first-order chi connectivity index (χ1) is 6.92. The van der Waals surface area contributed by atoms with Gasteiger partial charge in [-0.3, -0.25) is 0 Å². The lowest BCUT2D eigenvalue weighted by Crippen LogP contribution is -1.95. The summed E-state index contributed by atoms with van der Waals surface area (Å²) in [5.41, 5.74) is 7.53. The lowest BCUT2D eigenvalue weighted by atomic mass is 10.1. The molecule has 2 aromatic rings. The summed E-state index contributed by atoms with van der Waals surface area (Å²) in [6, 6.07) is 8.15. The molecule has 0 bridgehead atoms. The van der Waals surface area contributed by atoms with E-state index < -0.39 is 0 Å². The smallest absolute Gasteiger partial charge is 0.0612 e. The second-order valence-electron chi connectivity index (χ2n) is 3.09. The number of nitrogens with two attached hydrogens (primary N) is 1. The molecule has 0 aliphatic carbocycles. The topological polar surface area (TPSA) is 41.8 Å². The number of benzene rings is 1. The van der Waals surface area contributed by atoms with Crippen LogP contribution in [0.3, 0.4) is 0 Å². The van der Waals surface area contributed by atoms with Crippen LogP contribution >= 0.6 is 0 Å². The summed E-state index contributed by atoms with van der Waals surface area (Å²) in [6.07, 6.45) is 2.68. The van der Waals surface area contributed by atoms with Crippen molar-refractivity contribution in [3.05, 3.63) is 36.0 Å². The van der Waals surface area contributed by atoms with Gasteiger partial charge in [0.2, 0.25) is 0 Å². The van der Waals surface area contributed by atoms with E-state index in [1.54, 1.807) is 0 Å². The maximum atomic E-state index is 5.37. The zero-order valence-corrected chi connectivity index (χ0v) is 7.88. The van der Waals surface area contributed by atoms with Gasteiger partial charge in [0.05, 0.1) is 5.52 Å². The lowest BCUT2D eigenvalue weighted by molar-refractivity contribution is 1.03. The number of hydrogen-bond acceptors (Lipinski definition) is 1. The normalized spacial score (nSPS) is 9.79. The molecule has 1 aromatic carbocycles. The fourth-order valence-electron chi connectivity index (χ4n) is 1.42. The number of aromatic nitrogens is 1. The first kappa shape index (κ1) is 8.86. The number of aromatic amines is 1. The Labute approximate surface area is 83.1 Å². The molecule has 0 radical (unpaired) electrons. The highest BCUT2D eigenvalue weighted by Crippen LogP contribution is 2.15. The molecule has 0 amide bonds. The maximum absolute atomic E-state index is 5.37. The van der Waals surface area contributed by atoms with Crippen molar-refractivity contribution in [3.8, 4) is 11.8 Å². The molecular formula is C12H12N2. The van der Waals surface area contributed by atoms with Gasteiger partial charge in [0, 0.05) is 30.1 Å². The number of nitrogens with one attached hydrogen (secondary N) is 1. The third-order valence-electron chi connectivity index (χ3n) is 2.08. The molecule has 1 heterocycles. The van der Waals surface area contributed by atoms with E-state index in [0.29, 0.717) is 6.54 Å². The number of hydrogen-bond donors (Lipinski definition) is 2. The Bertz CT molecular complexity index is 485. The molecule has 3 N–H and O–H groups in total.